The van der Waals surface area contributed by atoms with Crippen LogP contribution in [0.2, 0.25) is 0 Å². The van der Waals surface area contributed by atoms with Gasteiger partial charge in [-0.2, -0.15) is 0 Å². The van der Waals surface area contributed by atoms with E-state index in [1.807, 2.05) is 6.92 Å². The Morgan fingerprint density at radius 1 is 1.50 bits per heavy atom. The third-order valence-corrected chi connectivity index (χ3v) is 4.67. The average molecular weight is 224 g/mol. The molecule has 1 saturated carbocycles. The molecule has 16 heavy (non-hydrogen) atoms. The van der Waals surface area contributed by atoms with Crippen molar-refractivity contribution in [3.8, 4) is 0 Å². The summed E-state index contributed by atoms with van der Waals surface area (Å²) in [7, 11) is 0. The van der Waals surface area contributed by atoms with Crippen LogP contribution in [0, 0.1) is 17.3 Å². The summed E-state index contributed by atoms with van der Waals surface area (Å²) in [5.74, 6) is 0.678. The molecule has 1 aliphatic heterocycles. The Labute approximate surface area is 98.7 Å². The second-order valence-corrected chi connectivity index (χ2v) is 6.08. The summed E-state index contributed by atoms with van der Waals surface area (Å²) in [6.45, 7) is 6.64. The third-order valence-electron chi connectivity index (χ3n) is 4.67. The lowest BCUT2D eigenvalue weighted by Gasteiger charge is -2.39. The first-order chi connectivity index (χ1) is 7.56. The Hall–Kier alpha value is -0.530. The maximum absolute atomic E-state index is 11.5. The Morgan fingerprint density at radius 2 is 2.25 bits per heavy atom. The monoisotopic (exact) mass is 224 g/mol. The lowest BCUT2D eigenvalue weighted by Crippen LogP contribution is -2.34. The highest BCUT2D eigenvalue weighted by Crippen LogP contribution is 2.48. The van der Waals surface area contributed by atoms with Gasteiger partial charge < -0.3 is 4.74 Å². The van der Waals surface area contributed by atoms with Crippen molar-refractivity contribution >= 4 is 5.97 Å². The lowest BCUT2D eigenvalue weighted by atomic mass is 9.66. The van der Waals surface area contributed by atoms with Crippen molar-refractivity contribution < 1.29 is 9.53 Å². The molecule has 0 bridgehead atoms. The van der Waals surface area contributed by atoms with Gasteiger partial charge in [-0.1, -0.05) is 33.6 Å². The normalized spacial score (nSPS) is 42.9. The van der Waals surface area contributed by atoms with Crippen LogP contribution in [0.25, 0.3) is 0 Å². The standard InChI is InChI=1S/C14H24O2/c1-4-5-7-14(3)8-6-11-10(2)13(15)16-12(11)9-14/h10-12H,4-9H2,1-3H3. The summed E-state index contributed by atoms with van der Waals surface area (Å²) in [5, 5.41) is 0. The SMILES string of the molecule is CCCCC1(C)CCC2C(C1)OC(=O)C2C. The van der Waals surface area contributed by atoms with E-state index in [4.69, 9.17) is 4.74 Å². The van der Waals surface area contributed by atoms with Crippen molar-refractivity contribution in [3.05, 3.63) is 0 Å². The zero-order chi connectivity index (χ0) is 11.8. The van der Waals surface area contributed by atoms with E-state index in [9.17, 15) is 4.79 Å². The highest BCUT2D eigenvalue weighted by molar-refractivity contribution is 5.74. The molecule has 2 aliphatic rings. The molecule has 2 heteroatoms. The lowest BCUT2D eigenvalue weighted by molar-refractivity contribution is -0.145. The molecule has 1 heterocycles. The van der Waals surface area contributed by atoms with E-state index in [-0.39, 0.29) is 18.0 Å². The first-order valence-electron chi connectivity index (χ1n) is 6.76. The van der Waals surface area contributed by atoms with Gasteiger partial charge in [0.1, 0.15) is 6.10 Å². The molecule has 0 aromatic heterocycles. The number of rotatable bonds is 3. The first-order valence-corrected chi connectivity index (χ1v) is 6.76. The molecule has 0 aromatic rings. The summed E-state index contributed by atoms with van der Waals surface area (Å²) in [5.41, 5.74) is 0.418. The molecule has 92 valence electrons. The summed E-state index contributed by atoms with van der Waals surface area (Å²) in [4.78, 5) is 11.5. The maximum atomic E-state index is 11.5. The van der Waals surface area contributed by atoms with Gasteiger partial charge in [-0.15, -0.1) is 0 Å². The van der Waals surface area contributed by atoms with Gasteiger partial charge in [-0.05, 0) is 31.1 Å². The molecule has 2 nitrogen and oxygen atoms in total. The molecule has 0 amide bonds. The minimum Gasteiger partial charge on any atom is -0.462 e. The van der Waals surface area contributed by atoms with Gasteiger partial charge >= 0.3 is 5.97 Å². The Morgan fingerprint density at radius 3 is 2.94 bits per heavy atom. The van der Waals surface area contributed by atoms with Gasteiger partial charge in [-0.25, -0.2) is 0 Å². The summed E-state index contributed by atoms with van der Waals surface area (Å²) in [6.07, 6.45) is 7.62. The number of carbonyl (C=O) groups excluding carboxylic acids is 1. The van der Waals surface area contributed by atoms with Gasteiger partial charge in [0, 0.05) is 5.92 Å². The van der Waals surface area contributed by atoms with E-state index in [1.165, 1.54) is 32.1 Å². The Balaban J connectivity index is 1.98. The van der Waals surface area contributed by atoms with Gasteiger partial charge in [0.05, 0.1) is 5.92 Å². The molecule has 2 fully saturated rings. The van der Waals surface area contributed by atoms with E-state index in [0.29, 0.717) is 11.3 Å². The smallest absolute Gasteiger partial charge is 0.309 e. The maximum Gasteiger partial charge on any atom is 0.309 e. The number of ether oxygens (including phenoxy) is 1. The van der Waals surface area contributed by atoms with Crippen LogP contribution in [0.5, 0.6) is 0 Å². The van der Waals surface area contributed by atoms with E-state index in [1.54, 1.807) is 0 Å². The van der Waals surface area contributed by atoms with Crippen LogP contribution < -0.4 is 0 Å². The molecule has 0 aromatic carbocycles. The van der Waals surface area contributed by atoms with Crippen LogP contribution in [-0.2, 0) is 9.53 Å². The Bertz CT molecular complexity index is 274. The molecule has 4 atom stereocenters. The molecule has 0 radical (unpaired) electrons. The van der Waals surface area contributed by atoms with Gasteiger partial charge in [-0.3, -0.25) is 4.79 Å². The second-order valence-electron chi connectivity index (χ2n) is 6.08. The highest BCUT2D eigenvalue weighted by atomic mass is 16.6. The average Bonchev–Trinajstić information content (AvgIpc) is 2.51. The van der Waals surface area contributed by atoms with Gasteiger partial charge in [0.2, 0.25) is 0 Å². The summed E-state index contributed by atoms with van der Waals surface area (Å²) < 4.78 is 5.51. The molecule has 1 aliphatic carbocycles. The van der Waals surface area contributed by atoms with E-state index >= 15 is 0 Å². The first kappa shape index (κ1) is 11.9. The van der Waals surface area contributed by atoms with Crippen LogP contribution in [0.3, 0.4) is 0 Å². The van der Waals surface area contributed by atoms with Crippen LogP contribution in [0.1, 0.15) is 59.3 Å². The van der Waals surface area contributed by atoms with Crippen molar-refractivity contribution in [2.24, 2.45) is 17.3 Å². The number of esters is 1. The van der Waals surface area contributed by atoms with Crippen molar-refractivity contribution in [1.29, 1.82) is 0 Å². The fourth-order valence-corrected chi connectivity index (χ4v) is 3.40. The number of unbranched alkanes of at least 4 members (excludes halogenated alkanes) is 1. The number of carbonyl (C=O) groups is 1. The van der Waals surface area contributed by atoms with E-state index < -0.39 is 0 Å². The van der Waals surface area contributed by atoms with Crippen molar-refractivity contribution in [3.63, 3.8) is 0 Å². The molecule has 2 rings (SSSR count). The predicted molar refractivity (Wildman–Crippen MR) is 64.0 cm³/mol. The zero-order valence-electron chi connectivity index (χ0n) is 10.8. The van der Waals surface area contributed by atoms with Crippen LogP contribution in [0.15, 0.2) is 0 Å². The summed E-state index contributed by atoms with van der Waals surface area (Å²) in [6, 6.07) is 0. The minimum absolute atomic E-state index is 0.0368. The predicted octanol–water partition coefficient (Wildman–Crippen LogP) is 3.54. The summed E-state index contributed by atoms with van der Waals surface area (Å²) >= 11 is 0. The second kappa shape index (κ2) is 4.38. The van der Waals surface area contributed by atoms with Gasteiger partial charge in [0.25, 0.3) is 0 Å². The fourth-order valence-electron chi connectivity index (χ4n) is 3.40. The molecule has 0 N–H and O–H groups in total. The topological polar surface area (TPSA) is 26.3 Å². The minimum atomic E-state index is 0.0368. The van der Waals surface area contributed by atoms with Crippen LogP contribution in [-0.4, -0.2) is 12.1 Å². The quantitative estimate of drug-likeness (QED) is 0.685. The number of hydrogen-bond acceptors (Lipinski definition) is 2. The van der Waals surface area contributed by atoms with Crippen LogP contribution >= 0.6 is 0 Å². The van der Waals surface area contributed by atoms with Crippen molar-refractivity contribution in [2.45, 2.75) is 65.4 Å². The third kappa shape index (κ3) is 2.11. The highest BCUT2D eigenvalue weighted by Gasteiger charge is 2.48. The number of fused-ring (bicyclic) bond motifs is 1. The molecular weight excluding hydrogens is 200 g/mol. The largest absolute Gasteiger partial charge is 0.462 e. The molecule has 0 spiro atoms. The molecule has 4 unspecified atom stereocenters. The zero-order valence-corrected chi connectivity index (χ0v) is 10.8. The molecule has 1 saturated heterocycles. The number of hydrogen-bond donors (Lipinski definition) is 0. The van der Waals surface area contributed by atoms with E-state index in [0.717, 1.165) is 6.42 Å². The van der Waals surface area contributed by atoms with Crippen molar-refractivity contribution in [2.75, 3.05) is 0 Å². The van der Waals surface area contributed by atoms with Gasteiger partial charge in [0.15, 0.2) is 0 Å². The van der Waals surface area contributed by atoms with Crippen LogP contribution in [0.4, 0.5) is 0 Å². The Kier molecular flexibility index (Phi) is 3.27. The van der Waals surface area contributed by atoms with Crippen molar-refractivity contribution in [1.82, 2.24) is 0 Å². The van der Waals surface area contributed by atoms with E-state index in [2.05, 4.69) is 13.8 Å². The molecular formula is C14H24O2. The fraction of sp³-hybridized carbons (Fsp3) is 0.929.